The van der Waals surface area contributed by atoms with Gasteiger partial charge in [0.05, 0.1) is 6.33 Å². The van der Waals surface area contributed by atoms with Crippen LogP contribution in [0.25, 0.3) is 0 Å². The van der Waals surface area contributed by atoms with Crippen molar-refractivity contribution in [2.24, 2.45) is 5.41 Å². The molecule has 3 N–H and O–H groups in total. The minimum absolute atomic E-state index is 0. The van der Waals surface area contributed by atoms with E-state index in [9.17, 15) is 9.59 Å². The Balaban J connectivity index is 0.00000210. The topological polar surface area (TPSA) is 88.1 Å². The summed E-state index contributed by atoms with van der Waals surface area (Å²) in [6, 6.07) is 7.06. The molecule has 3 rings (SSSR count). The summed E-state index contributed by atoms with van der Waals surface area (Å²) in [6.45, 7) is 5.43. The minimum Gasteiger partial charge on any atom is -0.351 e. The number of hydrogen-bond acceptors (Lipinski definition) is 4. The number of nitrogens with one attached hydrogen (secondary N) is 3. The molecule has 0 unspecified atom stereocenters. The molecule has 2 aromatic rings. The third-order valence-electron chi connectivity index (χ3n) is 5.05. The molecule has 9 heteroatoms. The van der Waals surface area contributed by atoms with Crippen LogP contribution in [0.3, 0.4) is 0 Å². The van der Waals surface area contributed by atoms with E-state index in [4.69, 9.17) is 0 Å². The van der Waals surface area contributed by atoms with Crippen molar-refractivity contribution >= 4 is 42.3 Å². The molecule has 0 saturated carbocycles. The number of aromatic nitrogens is 2. The van der Waals surface area contributed by atoms with E-state index in [0.29, 0.717) is 30.8 Å². The number of carbonyl (C=O) groups is 2. The summed E-state index contributed by atoms with van der Waals surface area (Å²) in [4.78, 5) is 28.6. The van der Waals surface area contributed by atoms with Gasteiger partial charge in [0.2, 0.25) is 5.91 Å². The molecule has 0 bridgehead atoms. The molecule has 160 valence electrons. The van der Waals surface area contributed by atoms with Gasteiger partial charge in [-0.25, -0.2) is 4.98 Å². The number of imidazole rings is 1. The SMILES string of the molecule is CC1(CNC(=O)c2cccc(NC(=O)CCn3ccnc3)c2)CCNCC1.Cl.Cl. The van der Waals surface area contributed by atoms with E-state index >= 15 is 0 Å². The van der Waals surface area contributed by atoms with Crippen LogP contribution in [0.1, 0.15) is 36.5 Å². The average Bonchev–Trinajstić information content (AvgIpc) is 3.19. The molecule has 1 fully saturated rings. The second-order valence-electron chi connectivity index (χ2n) is 7.42. The van der Waals surface area contributed by atoms with Gasteiger partial charge in [-0.2, -0.15) is 0 Å². The van der Waals surface area contributed by atoms with E-state index < -0.39 is 0 Å². The van der Waals surface area contributed by atoms with Crippen molar-refractivity contribution in [3.63, 3.8) is 0 Å². The van der Waals surface area contributed by atoms with Crippen LogP contribution in [-0.2, 0) is 11.3 Å². The van der Waals surface area contributed by atoms with Crippen LogP contribution in [0.15, 0.2) is 43.0 Å². The number of nitrogens with zero attached hydrogens (tertiary/aromatic N) is 2. The van der Waals surface area contributed by atoms with E-state index in [1.807, 2.05) is 10.8 Å². The van der Waals surface area contributed by atoms with Crippen molar-refractivity contribution in [3.05, 3.63) is 48.5 Å². The van der Waals surface area contributed by atoms with Gasteiger partial charge in [0, 0.05) is 43.2 Å². The highest BCUT2D eigenvalue weighted by molar-refractivity contribution is 5.97. The second-order valence-corrected chi connectivity index (χ2v) is 7.42. The van der Waals surface area contributed by atoms with Crippen molar-refractivity contribution in [2.45, 2.75) is 32.7 Å². The quantitative estimate of drug-likeness (QED) is 0.616. The summed E-state index contributed by atoms with van der Waals surface area (Å²) in [5.41, 5.74) is 1.33. The molecular formula is C20H29Cl2N5O2. The number of halogens is 2. The molecule has 0 aliphatic carbocycles. The predicted molar refractivity (Wildman–Crippen MR) is 119 cm³/mol. The molecule has 29 heavy (non-hydrogen) atoms. The van der Waals surface area contributed by atoms with Gasteiger partial charge in [0.25, 0.3) is 5.91 Å². The molecule has 2 amide bonds. The van der Waals surface area contributed by atoms with E-state index in [-0.39, 0.29) is 42.0 Å². The smallest absolute Gasteiger partial charge is 0.251 e. The van der Waals surface area contributed by atoms with Crippen LogP contribution in [0.4, 0.5) is 5.69 Å². The van der Waals surface area contributed by atoms with Crippen LogP contribution >= 0.6 is 24.8 Å². The van der Waals surface area contributed by atoms with Crippen LogP contribution in [0.2, 0.25) is 0 Å². The Morgan fingerprint density at radius 3 is 2.69 bits per heavy atom. The molecule has 1 aromatic heterocycles. The van der Waals surface area contributed by atoms with Crippen molar-refractivity contribution in [1.82, 2.24) is 20.2 Å². The lowest BCUT2D eigenvalue weighted by molar-refractivity contribution is -0.116. The Bertz CT molecular complexity index is 777. The molecular weight excluding hydrogens is 413 g/mol. The Morgan fingerprint density at radius 1 is 1.24 bits per heavy atom. The fourth-order valence-electron chi connectivity index (χ4n) is 3.21. The monoisotopic (exact) mass is 441 g/mol. The number of hydrogen-bond donors (Lipinski definition) is 3. The van der Waals surface area contributed by atoms with Crippen LogP contribution in [-0.4, -0.2) is 41.0 Å². The molecule has 7 nitrogen and oxygen atoms in total. The zero-order valence-corrected chi connectivity index (χ0v) is 18.2. The third-order valence-corrected chi connectivity index (χ3v) is 5.05. The van der Waals surface area contributed by atoms with Crippen molar-refractivity contribution < 1.29 is 9.59 Å². The van der Waals surface area contributed by atoms with E-state index in [2.05, 4.69) is 27.9 Å². The van der Waals surface area contributed by atoms with Gasteiger partial charge < -0.3 is 20.5 Å². The molecule has 0 radical (unpaired) electrons. The first-order valence-electron chi connectivity index (χ1n) is 9.39. The number of amides is 2. The van der Waals surface area contributed by atoms with Gasteiger partial charge in [0.15, 0.2) is 0 Å². The first-order valence-corrected chi connectivity index (χ1v) is 9.39. The molecule has 1 aromatic carbocycles. The van der Waals surface area contributed by atoms with Crippen LogP contribution < -0.4 is 16.0 Å². The maximum absolute atomic E-state index is 12.5. The third kappa shape index (κ3) is 7.68. The van der Waals surface area contributed by atoms with E-state index in [0.717, 1.165) is 25.9 Å². The fourth-order valence-corrected chi connectivity index (χ4v) is 3.21. The summed E-state index contributed by atoms with van der Waals surface area (Å²) in [7, 11) is 0. The lowest BCUT2D eigenvalue weighted by Gasteiger charge is -2.34. The number of rotatable bonds is 7. The summed E-state index contributed by atoms with van der Waals surface area (Å²) in [6.07, 6.45) is 7.65. The predicted octanol–water partition coefficient (Wildman–Crippen LogP) is 2.88. The Morgan fingerprint density at radius 2 is 2.00 bits per heavy atom. The summed E-state index contributed by atoms with van der Waals surface area (Å²) in [5.74, 6) is -0.201. The normalized spacial score (nSPS) is 14.8. The maximum Gasteiger partial charge on any atom is 0.251 e. The van der Waals surface area contributed by atoms with Gasteiger partial charge in [-0.05, 0) is 49.5 Å². The largest absolute Gasteiger partial charge is 0.351 e. The zero-order valence-electron chi connectivity index (χ0n) is 16.5. The Kier molecular flexibility index (Phi) is 10.2. The van der Waals surface area contributed by atoms with Crippen molar-refractivity contribution in [3.8, 4) is 0 Å². The maximum atomic E-state index is 12.5. The van der Waals surface area contributed by atoms with Crippen molar-refractivity contribution in [1.29, 1.82) is 0 Å². The van der Waals surface area contributed by atoms with E-state index in [1.165, 1.54) is 0 Å². The number of piperidine rings is 1. The summed E-state index contributed by atoms with van der Waals surface area (Å²) < 4.78 is 1.85. The van der Waals surface area contributed by atoms with Gasteiger partial charge >= 0.3 is 0 Å². The molecule has 0 atom stereocenters. The van der Waals surface area contributed by atoms with Crippen molar-refractivity contribution in [2.75, 3.05) is 25.0 Å². The first kappa shape index (κ1) is 24.9. The highest BCUT2D eigenvalue weighted by atomic mass is 35.5. The van der Waals surface area contributed by atoms with Gasteiger partial charge in [-0.15, -0.1) is 24.8 Å². The second kappa shape index (κ2) is 11.8. The highest BCUT2D eigenvalue weighted by Gasteiger charge is 2.27. The average molecular weight is 442 g/mol. The molecule has 0 spiro atoms. The van der Waals surface area contributed by atoms with Gasteiger partial charge in [0.1, 0.15) is 0 Å². The standard InChI is InChI=1S/C20H27N5O2.2ClH/c1-20(6-8-21-9-7-20)14-23-19(27)16-3-2-4-17(13-16)24-18(26)5-11-25-12-10-22-15-25;;/h2-4,10,12-13,15,21H,5-9,11,14H2,1H3,(H,23,27)(H,24,26);2*1H. The Hall–Kier alpha value is -2.09. The lowest BCUT2D eigenvalue weighted by Crippen LogP contribution is -2.42. The minimum atomic E-state index is -0.107. The van der Waals surface area contributed by atoms with E-state index in [1.54, 1.807) is 36.8 Å². The highest BCUT2D eigenvalue weighted by Crippen LogP contribution is 2.26. The van der Waals surface area contributed by atoms with Crippen LogP contribution in [0, 0.1) is 5.41 Å². The Labute approximate surface area is 183 Å². The number of carbonyl (C=O) groups excluding carboxylic acids is 2. The molecule has 2 heterocycles. The number of aryl methyl sites for hydroxylation is 1. The van der Waals surface area contributed by atoms with Gasteiger partial charge in [-0.3, -0.25) is 9.59 Å². The lowest BCUT2D eigenvalue weighted by atomic mass is 9.81. The first-order chi connectivity index (χ1) is 13.0. The van der Waals surface area contributed by atoms with Gasteiger partial charge in [-0.1, -0.05) is 13.0 Å². The number of anilines is 1. The van der Waals surface area contributed by atoms with Crippen LogP contribution in [0.5, 0.6) is 0 Å². The number of benzene rings is 1. The fraction of sp³-hybridized carbons (Fsp3) is 0.450. The summed E-state index contributed by atoms with van der Waals surface area (Å²) >= 11 is 0. The molecule has 1 saturated heterocycles. The zero-order chi connectivity index (χ0) is 19.1. The molecule has 1 aliphatic rings. The molecule has 1 aliphatic heterocycles. The summed E-state index contributed by atoms with van der Waals surface area (Å²) in [5, 5.41) is 9.24.